The van der Waals surface area contributed by atoms with Crippen LogP contribution in [0.2, 0.25) is 0 Å². The van der Waals surface area contributed by atoms with Gasteiger partial charge in [0.1, 0.15) is 22.9 Å². The maximum Gasteiger partial charge on any atom is 0.253 e. The average Bonchev–Trinajstić information content (AvgIpc) is 2.38. The maximum absolute atomic E-state index is 11.3. The predicted molar refractivity (Wildman–Crippen MR) is 75.6 cm³/mol. The van der Waals surface area contributed by atoms with Gasteiger partial charge in [0.2, 0.25) is 5.88 Å². The van der Waals surface area contributed by atoms with Crippen LogP contribution in [0.1, 0.15) is 13.3 Å². The normalized spacial score (nSPS) is 10.4. The van der Waals surface area contributed by atoms with Crippen LogP contribution in [0, 0.1) is 0 Å². The molecule has 20 heavy (non-hydrogen) atoms. The van der Waals surface area contributed by atoms with Crippen LogP contribution in [0.3, 0.4) is 0 Å². The number of anilines is 2. The summed E-state index contributed by atoms with van der Waals surface area (Å²) >= 11 is 1.09. The van der Waals surface area contributed by atoms with Crippen LogP contribution in [0.25, 0.3) is 0 Å². The summed E-state index contributed by atoms with van der Waals surface area (Å²) in [7, 11) is 0. The van der Waals surface area contributed by atoms with Crippen LogP contribution in [-0.2, 0) is 0 Å². The van der Waals surface area contributed by atoms with Crippen molar-refractivity contribution in [2.45, 2.75) is 23.5 Å². The zero-order chi connectivity index (χ0) is 14.5. The van der Waals surface area contributed by atoms with E-state index in [0.29, 0.717) is 28.4 Å². The van der Waals surface area contributed by atoms with E-state index in [0.717, 1.165) is 18.2 Å². The number of nitrogen functional groups attached to an aromatic ring is 2. The number of aromatic amines is 1. The van der Waals surface area contributed by atoms with E-state index in [1.807, 2.05) is 6.92 Å². The van der Waals surface area contributed by atoms with E-state index >= 15 is 0 Å². The first-order valence-corrected chi connectivity index (χ1v) is 6.69. The van der Waals surface area contributed by atoms with Crippen LogP contribution >= 0.6 is 11.8 Å². The van der Waals surface area contributed by atoms with Gasteiger partial charge in [0.15, 0.2) is 5.16 Å². The third-order valence-corrected chi connectivity index (χ3v) is 3.09. The molecule has 0 aromatic carbocycles. The highest BCUT2D eigenvalue weighted by Crippen LogP contribution is 2.31. The lowest BCUT2D eigenvalue weighted by Gasteiger charge is -2.09. The van der Waals surface area contributed by atoms with E-state index in [2.05, 4.69) is 19.9 Å². The van der Waals surface area contributed by atoms with Crippen molar-refractivity contribution in [3.8, 4) is 5.88 Å². The van der Waals surface area contributed by atoms with Gasteiger partial charge in [0.25, 0.3) is 5.56 Å². The standard InChI is InChI=1S/C11H14N6O2S/c1-2-3-19-9-8(13)10(15-5-14-9)20-11-16-6(12)4-7(18)17-11/h4-5H,2-3,13H2,1H3,(H3,12,16,17,18). The third kappa shape index (κ3) is 3.38. The Hall–Kier alpha value is -2.29. The summed E-state index contributed by atoms with van der Waals surface area (Å²) in [6.45, 7) is 2.49. The fourth-order valence-electron chi connectivity index (χ4n) is 1.35. The molecule has 0 spiro atoms. The molecule has 2 rings (SSSR count). The van der Waals surface area contributed by atoms with Gasteiger partial charge in [-0.3, -0.25) is 4.79 Å². The Kier molecular flexibility index (Phi) is 4.41. The number of ether oxygens (including phenoxy) is 1. The summed E-state index contributed by atoms with van der Waals surface area (Å²) in [6.07, 6.45) is 2.18. The molecular formula is C11H14N6O2S. The molecule has 9 heteroatoms. The molecule has 0 fully saturated rings. The van der Waals surface area contributed by atoms with Crippen molar-refractivity contribution in [3.05, 3.63) is 22.7 Å². The van der Waals surface area contributed by atoms with Crippen molar-refractivity contribution in [3.63, 3.8) is 0 Å². The highest BCUT2D eigenvalue weighted by molar-refractivity contribution is 7.99. The van der Waals surface area contributed by atoms with E-state index in [1.54, 1.807) is 0 Å². The van der Waals surface area contributed by atoms with Crippen molar-refractivity contribution < 1.29 is 4.74 Å². The molecule has 0 radical (unpaired) electrons. The van der Waals surface area contributed by atoms with E-state index < -0.39 is 0 Å². The highest BCUT2D eigenvalue weighted by atomic mass is 32.2. The summed E-state index contributed by atoms with van der Waals surface area (Å²) in [6, 6.07) is 1.20. The van der Waals surface area contributed by atoms with Crippen molar-refractivity contribution in [1.82, 2.24) is 19.9 Å². The summed E-state index contributed by atoms with van der Waals surface area (Å²) < 4.78 is 5.41. The molecule has 0 saturated carbocycles. The Bertz CT molecular complexity index is 660. The fraction of sp³-hybridized carbons (Fsp3) is 0.273. The SMILES string of the molecule is CCCOc1ncnc(Sc2nc(N)cc(=O)[nH]2)c1N. The number of nitrogens with zero attached hydrogens (tertiary/aromatic N) is 3. The largest absolute Gasteiger partial charge is 0.476 e. The van der Waals surface area contributed by atoms with E-state index in [-0.39, 0.29) is 11.4 Å². The zero-order valence-electron chi connectivity index (χ0n) is 10.8. The Balaban J connectivity index is 2.27. The zero-order valence-corrected chi connectivity index (χ0v) is 11.6. The predicted octanol–water partition coefficient (Wildman–Crippen LogP) is 0.664. The number of nitrogens with one attached hydrogen (secondary N) is 1. The molecule has 0 amide bonds. The molecule has 0 aliphatic carbocycles. The van der Waals surface area contributed by atoms with Crippen LogP contribution in [0.4, 0.5) is 11.5 Å². The number of rotatable bonds is 5. The topological polar surface area (TPSA) is 133 Å². The smallest absolute Gasteiger partial charge is 0.253 e. The number of hydrogen-bond acceptors (Lipinski definition) is 8. The van der Waals surface area contributed by atoms with Crippen LogP contribution in [0.15, 0.2) is 27.4 Å². The molecule has 2 aromatic rings. The first kappa shape index (κ1) is 14.1. The second kappa shape index (κ2) is 6.24. The van der Waals surface area contributed by atoms with Crippen LogP contribution in [-0.4, -0.2) is 26.5 Å². The molecule has 5 N–H and O–H groups in total. The second-order valence-electron chi connectivity index (χ2n) is 3.82. The first-order valence-electron chi connectivity index (χ1n) is 5.88. The minimum absolute atomic E-state index is 0.131. The van der Waals surface area contributed by atoms with E-state index in [4.69, 9.17) is 16.2 Å². The summed E-state index contributed by atoms with van der Waals surface area (Å²) in [4.78, 5) is 25.9. The van der Waals surface area contributed by atoms with Gasteiger partial charge in [-0.05, 0) is 18.2 Å². The quantitative estimate of drug-likeness (QED) is 0.541. The first-order chi connectivity index (χ1) is 9.60. The molecule has 106 valence electrons. The number of aromatic nitrogens is 4. The van der Waals surface area contributed by atoms with Crippen molar-refractivity contribution >= 4 is 23.3 Å². The molecule has 0 bridgehead atoms. The van der Waals surface area contributed by atoms with Crippen molar-refractivity contribution in [1.29, 1.82) is 0 Å². The molecule has 8 nitrogen and oxygen atoms in total. The minimum atomic E-state index is -0.338. The highest BCUT2D eigenvalue weighted by Gasteiger charge is 2.12. The summed E-state index contributed by atoms with van der Waals surface area (Å²) in [5.74, 6) is 0.446. The van der Waals surface area contributed by atoms with Gasteiger partial charge in [-0.2, -0.15) is 4.98 Å². The number of hydrogen-bond donors (Lipinski definition) is 3. The third-order valence-electron chi connectivity index (χ3n) is 2.19. The Morgan fingerprint density at radius 3 is 2.90 bits per heavy atom. The lowest BCUT2D eigenvalue weighted by atomic mass is 10.5. The van der Waals surface area contributed by atoms with Crippen LogP contribution in [0.5, 0.6) is 5.88 Å². The minimum Gasteiger partial charge on any atom is -0.476 e. The van der Waals surface area contributed by atoms with E-state index in [1.165, 1.54) is 12.4 Å². The lowest BCUT2D eigenvalue weighted by Crippen LogP contribution is -2.10. The van der Waals surface area contributed by atoms with Gasteiger partial charge >= 0.3 is 0 Å². The molecule has 0 saturated heterocycles. The van der Waals surface area contributed by atoms with Gasteiger partial charge in [-0.15, -0.1) is 0 Å². The van der Waals surface area contributed by atoms with Crippen molar-refractivity contribution in [2.24, 2.45) is 0 Å². The molecule has 0 aliphatic heterocycles. The molecule has 2 aromatic heterocycles. The Morgan fingerprint density at radius 2 is 2.20 bits per heavy atom. The summed E-state index contributed by atoms with van der Waals surface area (Å²) in [5, 5.41) is 0.752. The van der Waals surface area contributed by atoms with Gasteiger partial charge in [-0.1, -0.05) is 6.92 Å². The Morgan fingerprint density at radius 1 is 1.40 bits per heavy atom. The van der Waals surface area contributed by atoms with Gasteiger partial charge in [0, 0.05) is 6.07 Å². The van der Waals surface area contributed by atoms with Gasteiger partial charge in [-0.25, -0.2) is 9.97 Å². The lowest BCUT2D eigenvalue weighted by molar-refractivity contribution is 0.305. The molecule has 0 unspecified atom stereocenters. The monoisotopic (exact) mass is 294 g/mol. The Labute approximate surface area is 119 Å². The fourth-order valence-corrected chi connectivity index (χ4v) is 2.14. The average molecular weight is 294 g/mol. The molecular weight excluding hydrogens is 280 g/mol. The molecule has 0 atom stereocenters. The summed E-state index contributed by atoms with van der Waals surface area (Å²) in [5.41, 5.74) is 11.4. The van der Waals surface area contributed by atoms with Crippen LogP contribution < -0.4 is 21.8 Å². The van der Waals surface area contributed by atoms with Crippen molar-refractivity contribution in [2.75, 3.05) is 18.1 Å². The molecule has 0 aliphatic rings. The second-order valence-corrected chi connectivity index (χ2v) is 4.80. The maximum atomic E-state index is 11.3. The van der Waals surface area contributed by atoms with E-state index in [9.17, 15) is 4.79 Å². The molecule has 2 heterocycles. The van der Waals surface area contributed by atoms with Gasteiger partial charge < -0.3 is 21.2 Å². The number of nitrogens with two attached hydrogens (primary N) is 2. The van der Waals surface area contributed by atoms with Gasteiger partial charge in [0.05, 0.1) is 6.61 Å². The number of H-pyrrole nitrogens is 1.